The Kier molecular flexibility index (Phi) is 3.83. The molecule has 4 heteroatoms. The molecule has 4 nitrogen and oxygen atoms in total. The summed E-state index contributed by atoms with van der Waals surface area (Å²) in [6.07, 6.45) is 3.73. The lowest BCUT2D eigenvalue weighted by molar-refractivity contribution is -0.139. The minimum absolute atomic E-state index is 0.0313. The Labute approximate surface area is 119 Å². The van der Waals surface area contributed by atoms with Crippen LogP contribution in [0.2, 0.25) is 0 Å². The van der Waals surface area contributed by atoms with E-state index in [9.17, 15) is 9.59 Å². The Hall–Kier alpha value is -1.68. The van der Waals surface area contributed by atoms with E-state index in [0.29, 0.717) is 13.0 Å². The van der Waals surface area contributed by atoms with E-state index in [1.54, 1.807) is 0 Å². The maximum absolute atomic E-state index is 12.5. The first-order valence-electron chi connectivity index (χ1n) is 7.38. The number of amides is 2. The minimum atomic E-state index is -0.285. The number of nitrogens with one attached hydrogen (secondary N) is 1. The Morgan fingerprint density at radius 2 is 1.95 bits per heavy atom. The number of benzene rings is 1. The highest BCUT2D eigenvalue weighted by Gasteiger charge is 2.40. The molecule has 1 N–H and O–H groups in total. The second kappa shape index (κ2) is 5.75. The number of hydrogen-bond donors (Lipinski definition) is 1. The van der Waals surface area contributed by atoms with E-state index in [2.05, 4.69) is 5.32 Å². The summed E-state index contributed by atoms with van der Waals surface area (Å²) in [5.41, 5.74) is 0.949. The van der Waals surface area contributed by atoms with Crippen molar-refractivity contribution in [2.45, 2.75) is 37.6 Å². The van der Waals surface area contributed by atoms with Crippen molar-refractivity contribution in [1.82, 2.24) is 10.2 Å². The van der Waals surface area contributed by atoms with Gasteiger partial charge in [0.2, 0.25) is 11.8 Å². The Bertz CT molecular complexity index is 494. The summed E-state index contributed by atoms with van der Waals surface area (Å²) in [7, 11) is 0. The van der Waals surface area contributed by atoms with E-state index in [-0.39, 0.29) is 23.8 Å². The van der Waals surface area contributed by atoms with Crippen molar-refractivity contribution in [3.63, 3.8) is 0 Å². The van der Waals surface area contributed by atoms with Crippen molar-refractivity contribution < 1.29 is 9.59 Å². The molecule has 0 bridgehead atoms. The van der Waals surface area contributed by atoms with Gasteiger partial charge in [0.1, 0.15) is 0 Å². The molecule has 2 unspecified atom stereocenters. The molecule has 106 valence electrons. The van der Waals surface area contributed by atoms with Crippen LogP contribution in [-0.2, 0) is 9.59 Å². The van der Waals surface area contributed by atoms with Crippen LogP contribution in [0.15, 0.2) is 30.3 Å². The third kappa shape index (κ3) is 2.61. The number of nitrogens with zero attached hydrogens (tertiary/aromatic N) is 1. The van der Waals surface area contributed by atoms with Gasteiger partial charge in [-0.1, -0.05) is 36.8 Å². The molecule has 2 heterocycles. The summed E-state index contributed by atoms with van der Waals surface area (Å²) in [6.45, 7) is 1.52. The average Bonchev–Trinajstić information content (AvgIpc) is 2.77. The zero-order valence-corrected chi connectivity index (χ0v) is 11.5. The normalized spacial score (nSPS) is 27.1. The van der Waals surface area contributed by atoms with Gasteiger partial charge in [0.25, 0.3) is 0 Å². The summed E-state index contributed by atoms with van der Waals surface area (Å²) >= 11 is 0. The highest BCUT2D eigenvalue weighted by molar-refractivity contribution is 6.06. The summed E-state index contributed by atoms with van der Waals surface area (Å²) in [4.78, 5) is 26.0. The van der Waals surface area contributed by atoms with E-state index < -0.39 is 0 Å². The van der Waals surface area contributed by atoms with Gasteiger partial charge in [-0.25, -0.2) is 0 Å². The van der Waals surface area contributed by atoms with E-state index in [1.165, 1.54) is 17.7 Å². The van der Waals surface area contributed by atoms with Crippen LogP contribution >= 0.6 is 0 Å². The van der Waals surface area contributed by atoms with Crippen molar-refractivity contribution in [2.75, 3.05) is 13.1 Å². The molecule has 0 aliphatic carbocycles. The standard InChI is InChI=1S/C16H20N2O2/c19-15-10-14(12-6-2-1-3-7-12)16(20)18(15)11-13-8-4-5-9-17-13/h1-3,6-7,13-14,17H,4-5,8-11H2. The first-order chi connectivity index (χ1) is 9.75. The predicted octanol–water partition coefficient (Wildman–Crippen LogP) is 1.67. The number of carbonyl (C=O) groups is 2. The quantitative estimate of drug-likeness (QED) is 0.852. The maximum Gasteiger partial charge on any atom is 0.237 e. The number of hydrogen-bond acceptors (Lipinski definition) is 3. The molecular formula is C16H20N2O2. The van der Waals surface area contributed by atoms with Crippen molar-refractivity contribution in [3.8, 4) is 0 Å². The van der Waals surface area contributed by atoms with Crippen LogP contribution in [0.5, 0.6) is 0 Å². The summed E-state index contributed by atoms with van der Waals surface area (Å²) in [6, 6.07) is 9.88. The van der Waals surface area contributed by atoms with Crippen molar-refractivity contribution in [2.24, 2.45) is 0 Å². The lowest BCUT2D eigenvalue weighted by atomic mass is 9.98. The number of imide groups is 1. The third-order valence-electron chi connectivity index (χ3n) is 4.26. The fraction of sp³-hybridized carbons (Fsp3) is 0.500. The van der Waals surface area contributed by atoms with Crippen molar-refractivity contribution in [3.05, 3.63) is 35.9 Å². The molecule has 2 saturated heterocycles. The molecule has 0 spiro atoms. The molecular weight excluding hydrogens is 252 g/mol. The zero-order chi connectivity index (χ0) is 13.9. The van der Waals surface area contributed by atoms with Crippen LogP contribution in [0.3, 0.4) is 0 Å². The zero-order valence-electron chi connectivity index (χ0n) is 11.5. The Balaban J connectivity index is 1.70. The van der Waals surface area contributed by atoms with E-state index in [0.717, 1.165) is 18.5 Å². The van der Waals surface area contributed by atoms with Gasteiger partial charge in [0.15, 0.2) is 0 Å². The second-order valence-electron chi connectivity index (χ2n) is 5.66. The van der Waals surface area contributed by atoms with Gasteiger partial charge in [0, 0.05) is 19.0 Å². The molecule has 2 aliphatic heterocycles. The first-order valence-corrected chi connectivity index (χ1v) is 7.38. The fourth-order valence-electron chi connectivity index (χ4n) is 3.12. The molecule has 0 radical (unpaired) electrons. The van der Waals surface area contributed by atoms with Gasteiger partial charge >= 0.3 is 0 Å². The second-order valence-corrected chi connectivity index (χ2v) is 5.66. The highest BCUT2D eigenvalue weighted by atomic mass is 16.2. The maximum atomic E-state index is 12.5. The van der Waals surface area contributed by atoms with E-state index in [1.807, 2.05) is 30.3 Å². The molecule has 0 aromatic heterocycles. The topological polar surface area (TPSA) is 49.4 Å². The SMILES string of the molecule is O=C1CC(c2ccccc2)C(=O)N1CC1CCCCN1. The molecule has 0 saturated carbocycles. The van der Waals surface area contributed by atoms with E-state index in [4.69, 9.17) is 0 Å². The smallest absolute Gasteiger partial charge is 0.237 e. The number of carbonyl (C=O) groups excluding carboxylic acids is 2. The lowest BCUT2D eigenvalue weighted by Crippen LogP contribution is -2.45. The van der Waals surface area contributed by atoms with Crippen LogP contribution in [0.1, 0.15) is 37.2 Å². The van der Waals surface area contributed by atoms with Crippen LogP contribution in [0, 0.1) is 0 Å². The molecule has 1 aromatic rings. The molecule has 1 aromatic carbocycles. The first kappa shape index (κ1) is 13.3. The molecule has 20 heavy (non-hydrogen) atoms. The summed E-state index contributed by atoms with van der Waals surface area (Å²) in [5.74, 6) is -0.350. The average molecular weight is 272 g/mol. The number of rotatable bonds is 3. The van der Waals surface area contributed by atoms with E-state index >= 15 is 0 Å². The fourth-order valence-corrected chi connectivity index (χ4v) is 3.12. The molecule has 3 rings (SSSR count). The van der Waals surface area contributed by atoms with Gasteiger partial charge in [-0.05, 0) is 24.9 Å². The monoisotopic (exact) mass is 272 g/mol. The van der Waals surface area contributed by atoms with Gasteiger partial charge in [-0.15, -0.1) is 0 Å². The van der Waals surface area contributed by atoms with Crippen LogP contribution in [0.25, 0.3) is 0 Å². The minimum Gasteiger partial charge on any atom is -0.312 e. The van der Waals surface area contributed by atoms with Crippen LogP contribution < -0.4 is 5.32 Å². The predicted molar refractivity (Wildman–Crippen MR) is 76.2 cm³/mol. The van der Waals surface area contributed by atoms with Gasteiger partial charge in [0.05, 0.1) is 5.92 Å². The van der Waals surface area contributed by atoms with Crippen molar-refractivity contribution >= 4 is 11.8 Å². The molecule has 2 aliphatic rings. The summed E-state index contributed by atoms with van der Waals surface area (Å²) in [5, 5.41) is 3.40. The van der Waals surface area contributed by atoms with Crippen LogP contribution in [0.4, 0.5) is 0 Å². The van der Waals surface area contributed by atoms with Gasteiger partial charge < -0.3 is 5.32 Å². The number of likely N-dealkylation sites (tertiary alicyclic amines) is 1. The van der Waals surface area contributed by atoms with Crippen molar-refractivity contribution in [1.29, 1.82) is 0 Å². The summed E-state index contributed by atoms with van der Waals surface area (Å²) < 4.78 is 0. The van der Waals surface area contributed by atoms with Gasteiger partial charge in [-0.3, -0.25) is 14.5 Å². The highest BCUT2D eigenvalue weighted by Crippen LogP contribution is 2.29. The molecule has 2 fully saturated rings. The number of piperidine rings is 1. The Morgan fingerprint density at radius 1 is 1.15 bits per heavy atom. The lowest BCUT2D eigenvalue weighted by Gasteiger charge is -2.27. The third-order valence-corrected chi connectivity index (χ3v) is 4.26. The molecule has 2 amide bonds. The van der Waals surface area contributed by atoms with Gasteiger partial charge in [-0.2, -0.15) is 0 Å². The van der Waals surface area contributed by atoms with Crippen LogP contribution in [-0.4, -0.2) is 35.8 Å². The Morgan fingerprint density at radius 3 is 2.65 bits per heavy atom. The largest absolute Gasteiger partial charge is 0.312 e. The molecule has 2 atom stereocenters.